The number of hydrogen-bond donors (Lipinski definition) is 1. The lowest BCUT2D eigenvalue weighted by molar-refractivity contribution is 0.509. The molecule has 1 heteroatoms. The minimum absolute atomic E-state index is 0.479. The van der Waals surface area contributed by atoms with Crippen LogP contribution in [0, 0.1) is 0 Å². The molecular formula is C12H23N. The quantitative estimate of drug-likeness (QED) is 0.522. The molecule has 0 saturated heterocycles. The molecule has 0 spiro atoms. The summed E-state index contributed by atoms with van der Waals surface area (Å²) in [4.78, 5) is 0. The first-order valence-corrected chi connectivity index (χ1v) is 5.76. The van der Waals surface area contributed by atoms with Crippen LogP contribution in [0.3, 0.4) is 0 Å². The van der Waals surface area contributed by atoms with Crippen LogP contribution in [-0.2, 0) is 0 Å². The van der Waals surface area contributed by atoms with E-state index in [0.717, 1.165) is 0 Å². The molecule has 0 radical (unpaired) electrons. The van der Waals surface area contributed by atoms with Crippen molar-refractivity contribution in [1.29, 1.82) is 0 Å². The van der Waals surface area contributed by atoms with E-state index in [0.29, 0.717) is 6.04 Å². The highest BCUT2D eigenvalue weighted by Gasteiger charge is 2.11. The number of rotatable bonds is 4. The van der Waals surface area contributed by atoms with Crippen LogP contribution in [-0.4, -0.2) is 6.04 Å². The van der Waals surface area contributed by atoms with Crippen LogP contribution in [0.25, 0.3) is 0 Å². The van der Waals surface area contributed by atoms with E-state index < -0.39 is 0 Å². The maximum Gasteiger partial charge on any atom is 0.00449 e. The highest BCUT2D eigenvalue weighted by Crippen LogP contribution is 2.22. The highest BCUT2D eigenvalue weighted by atomic mass is 14.6. The second-order valence-corrected chi connectivity index (χ2v) is 4.20. The number of nitrogens with two attached hydrogens (primary N) is 1. The molecule has 0 atom stereocenters. The molecule has 2 N–H and O–H groups in total. The molecular weight excluding hydrogens is 158 g/mol. The molecule has 1 saturated carbocycles. The average Bonchev–Trinajstić information content (AvgIpc) is 2.15. The van der Waals surface area contributed by atoms with Crippen molar-refractivity contribution < 1.29 is 0 Å². The zero-order valence-corrected chi connectivity index (χ0v) is 8.89. The predicted octanol–water partition coefficient (Wildman–Crippen LogP) is 3.39. The molecule has 1 nitrogen and oxygen atoms in total. The molecule has 1 rings (SSSR count). The number of hydrogen-bond acceptors (Lipinski definition) is 1. The Morgan fingerprint density at radius 2 is 2.00 bits per heavy atom. The minimum Gasteiger partial charge on any atom is -0.328 e. The summed E-state index contributed by atoms with van der Waals surface area (Å²) < 4.78 is 0. The Hall–Kier alpha value is -0.300. The highest BCUT2D eigenvalue weighted by molar-refractivity contribution is 5.05. The third kappa shape index (κ3) is 4.47. The average molecular weight is 181 g/mol. The Morgan fingerprint density at radius 1 is 1.31 bits per heavy atom. The van der Waals surface area contributed by atoms with E-state index in [4.69, 9.17) is 5.73 Å². The van der Waals surface area contributed by atoms with Crippen molar-refractivity contribution in [3.63, 3.8) is 0 Å². The van der Waals surface area contributed by atoms with E-state index in [1.54, 1.807) is 5.57 Å². The first-order chi connectivity index (χ1) is 6.33. The Balaban J connectivity index is 2.12. The monoisotopic (exact) mass is 181 g/mol. The first kappa shape index (κ1) is 10.8. The van der Waals surface area contributed by atoms with Gasteiger partial charge in [-0.15, -0.1) is 0 Å². The molecule has 1 aliphatic rings. The Kier molecular flexibility index (Phi) is 5.14. The van der Waals surface area contributed by atoms with Gasteiger partial charge in [-0.2, -0.15) is 0 Å². The van der Waals surface area contributed by atoms with E-state index in [1.165, 1.54) is 51.4 Å². The molecule has 13 heavy (non-hydrogen) atoms. The third-order valence-electron chi connectivity index (χ3n) is 2.91. The zero-order valence-electron chi connectivity index (χ0n) is 8.89. The van der Waals surface area contributed by atoms with Crippen LogP contribution < -0.4 is 5.73 Å². The Morgan fingerprint density at radius 3 is 2.62 bits per heavy atom. The molecule has 0 unspecified atom stereocenters. The summed E-state index contributed by atoms with van der Waals surface area (Å²) in [5, 5.41) is 0. The van der Waals surface area contributed by atoms with E-state index in [1.807, 2.05) is 0 Å². The molecule has 0 aromatic rings. The van der Waals surface area contributed by atoms with Crippen LogP contribution in [0.1, 0.15) is 58.3 Å². The maximum atomic E-state index is 5.85. The topological polar surface area (TPSA) is 26.0 Å². The Labute approximate surface area is 82.4 Å². The van der Waals surface area contributed by atoms with E-state index >= 15 is 0 Å². The second-order valence-electron chi connectivity index (χ2n) is 4.20. The largest absolute Gasteiger partial charge is 0.328 e. The van der Waals surface area contributed by atoms with Gasteiger partial charge in [0.2, 0.25) is 0 Å². The van der Waals surface area contributed by atoms with Gasteiger partial charge in [-0.3, -0.25) is 0 Å². The molecule has 0 amide bonds. The van der Waals surface area contributed by atoms with Gasteiger partial charge in [-0.1, -0.05) is 31.4 Å². The molecule has 76 valence electrons. The van der Waals surface area contributed by atoms with Crippen LogP contribution in [0.15, 0.2) is 11.6 Å². The van der Waals surface area contributed by atoms with Crippen molar-refractivity contribution in [1.82, 2.24) is 0 Å². The minimum atomic E-state index is 0.479. The normalized spacial score (nSPS) is 23.2. The van der Waals surface area contributed by atoms with Gasteiger partial charge in [0.25, 0.3) is 0 Å². The van der Waals surface area contributed by atoms with Crippen molar-refractivity contribution in [2.24, 2.45) is 5.73 Å². The van der Waals surface area contributed by atoms with E-state index in [9.17, 15) is 0 Å². The maximum absolute atomic E-state index is 5.85. The van der Waals surface area contributed by atoms with Gasteiger partial charge in [0.05, 0.1) is 0 Å². The fourth-order valence-electron chi connectivity index (χ4n) is 1.92. The fraction of sp³-hybridized carbons (Fsp3) is 0.833. The van der Waals surface area contributed by atoms with Gasteiger partial charge in [-0.05, 0) is 38.5 Å². The van der Waals surface area contributed by atoms with Crippen molar-refractivity contribution in [3.05, 3.63) is 11.6 Å². The predicted molar refractivity (Wildman–Crippen MR) is 58.7 cm³/mol. The molecule has 1 fully saturated rings. The number of allylic oxidation sites excluding steroid dienone is 2. The van der Waals surface area contributed by atoms with Crippen LogP contribution in [0.2, 0.25) is 0 Å². The summed E-state index contributed by atoms with van der Waals surface area (Å²) in [6.45, 7) is 2.26. The molecule has 0 aliphatic heterocycles. The van der Waals surface area contributed by atoms with E-state index in [-0.39, 0.29) is 0 Å². The van der Waals surface area contributed by atoms with Gasteiger partial charge in [0.15, 0.2) is 0 Å². The molecule has 1 aliphatic carbocycles. The van der Waals surface area contributed by atoms with Gasteiger partial charge in [-0.25, -0.2) is 0 Å². The van der Waals surface area contributed by atoms with Crippen LogP contribution in [0.4, 0.5) is 0 Å². The van der Waals surface area contributed by atoms with Crippen molar-refractivity contribution in [2.75, 3.05) is 0 Å². The van der Waals surface area contributed by atoms with E-state index in [2.05, 4.69) is 13.0 Å². The Bertz CT molecular complexity index is 151. The number of unbranched alkanes of at least 4 members (excludes halogenated alkanes) is 3. The smallest absolute Gasteiger partial charge is 0.00449 e. The lowest BCUT2D eigenvalue weighted by Gasteiger charge is -2.20. The third-order valence-corrected chi connectivity index (χ3v) is 2.91. The van der Waals surface area contributed by atoms with Crippen LogP contribution >= 0.6 is 0 Å². The standard InChI is InChI=1S/C12H23N/c1-2-3-4-5-6-11-7-9-12(13)10-8-11/h6,12H,2-5,7-10,13H2,1H3. The fourth-order valence-corrected chi connectivity index (χ4v) is 1.92. The summed E-state index contributed by atoms with van der Waals surface area (Å²) >= 11 is 0. The second kappa shape index (κ2) is 6.20. The lowest BCUT2D eigenvalue weighted by atomic mass is 9.90. The zero-order chi connectivity index (χ0) is 9.52. The van der Waals surface area contributed by atoms with Crippen molar-refractivity contribution >= 4 is 0 Å². The summed E-state index contributed by atoms with van der Waals surface area (Å²) in [6, 6.07) is 0.479. The van der Waals surface area contributed by atoms with Gasteiger partial charge in [0, 0.05) is 6.04 Å². The SMILES string of the molecule is CCCCCC=C1CCC(N)CC1. The molecule has 0 aromatic carbocycles. The first-order valence-electron chi connectivity index (χ1n) is 5.76. The summed E-state index contributed by atoms with van der Waals surface area (Å²) in [7, 11) is 0. The van der Waals surface area contributed by atoms with Gasteiger partial charge >= 0.3 is 0 Å². The summed E-state index contributed by atoms with van der Waals surface area (Å²) in [6.07, 6.45) is 12.8. The van der Waals surface area contributed by atoms with Gasteiger partial charge < -0.3 is 5.73 Å². The molecule has 0 aromatic heterocycles. The molecule has 0 heterocycles. The van der Waals surface area contributed by atoms with Crippen molar-refractivity contribution in [2.45, 2.75) is 64.3 Å². The van der Waals surface area contributed by atoms with Crippen molar-refractivity contribution in [3.8, 4) is 0 Å². The molecule has 0 bridgehead atoms. The van der Waals surface area contributed by atoms with Crippen LogP contribution in [0.5, 0.6) is 0 Å². The summed E-state index contributed by atoms with van der Waals surface area (Å²) in [5.41, 5.74) is 7.51. The summed E-state index contributed by atoms with van der Waals surface area (Å²) in [5.74, 6) is 0. The lowest BCUT2D eigenvalue weighted by Crippen LogP contribution is -2.23. The van der Waals surface area contributed by atoms with Gasteiger partial charge in [0.1, 0.15) is 0 Å².